The molecule has 2 N–H and O–H groups in total. The van der Waals surface area contributed by atoms with Crippen molar-refractivity contribution in [2.24, 2.45) is 12.5 Å². The molecule has 2 heterocycles. The highest BCUT2D eigenvalue weighted by Crippen LogP contribution is 2.40. The summed E-state index contributed by atoms with van der Waals surface area (Å²) in [6, 6.07) is 0. The first-order chi connectivity index (χ1) is 9.27. The van der Waals surface area contributed by atoms with Crippen molar-refractivity contribution in [3.05, 3.63) is 5.69 Å². The fourth-order valence-electron chi connectivity index (χ4n) is 2.99. The van der Waals surface area contributed by atoms with Crippen LogP contribution in [0.5, 0.6) is 0 Å². The smallest absolute Gasteiger partial charge is 0.248 e. The summed E-state index contributed by atoms with van der Waals surface area (Å²) in [7, 11) is -1.84. The minimum absolute atomic E-state index is 0.0931. The van der Waals surface area contributed by atoms with E-state index in [-0.39, 0.29) is 16.1 Å². The van der Waals surface area contributed by atoms with Crippen LogP contribution in [0.2, 0.25) is 0 Å². The second-order valence-electron chi connectivity index (χ2n) is 5.72. The summed E-state index contributed by atoms with van der Waals surface area (Å²) < 4.78 is 28.7. The van der Waals surface area contributed by atoms with Gasteiger partial charge in [0.05, 0.1) is 5.69 Å². The number of hydrogen-bond donors (Lipinski definition) is 1. The Hall–Kier alpha value is -1.08. The number of rotatable bonds is 4. The van der Waals surface area contributed by atoms with Crippen molar-refractivity contribution in [1.82, 2.24) is 14.1 Å². The molecular formula is C13H24N4O2S. The molecule has 0 unspecified atom stereocenters. The van der Waals surface area contributed by atoms with Crippen LogP contribution in [0.1, 0.15) is 38.8 Å². The summed E-state index contributed by atoms with van der Waals surface area (Å²) >= 11 is 0. The summed E-state index contributed by atoms with van der Waals surface area (Å²) in [6.45, 7) is 7.14. The molecule has 1 aromatic rings. The SMILES string of the molecule is CCC1(CC)CCN(S(=O)(=O)c2c(N)nn(C)c2C)C1. The molecule has 0 amide bonds. The topological polar surface area (TPSA) is 81.2 Å². The van der Waals surface area contributed by atoms with Gasteiger partial charge in [0.1, 0.15) is 4.90 Å². The number of sulfonamides is 1. The van der Waals surface area contributed by atoms with Gasteiger partial charge in [-0.25, -0.2) is 8.42 Å². The second kappa shape index (κ2) is 5.04. The highest BCUT2D eigenvalue weighted by Gasteiger charge is 2.42. The van der Waals surface area contributed by atoms with E-state index in [2.05, 4.69) is 18.9 Å². The second-order valence-corrected chi connectivity index (χ2v) is 7.59. The summed E-state index contributed by atoms with van der Waals surface area (Å²) in [6.07, 6.45) is 2.91. The van der Waals surface area contributed by atoms with E-state index in [0.29, 0.717) is 18.8 Å². The first-order valence-electron chi connectivity index (χ1n) is 7.06. The molecule has 1 fully saturated rings. The molecular weight excluding hydrogens is 276 g/mol. The normalized spacial score (nSPS) is 19.6. The Morgan fingerprint density at radius 2 is 1.95 bits per heavy atom. The maximum absolute atomic E-state index is 12.8. The van der Waals surface area contributed by atoms with E-state index in [1.807, 2.05) is 0 Å². The van der Waals surface area contributed by atoms with Gasteiger partial charge in [-0.3, -0.25) is 4.68 Å². The van der Waals surface area contributed by atoms with Crippen LogP contribution < -0.4 is 5.73 Å². The highest BCUT2D eigenvalue weighted by molar-refractivity contribution is 7.89. The van der Waals surface area contributed by atoms with Gasteiger partial charge in [0.15, 0.2) is 5.82 Å². The van der Waals surface area contributed by atoms with Gasteiger partial charge in [0.2, 0.25) is 10.0 Å². The summed E-state index contributed by atoms with van der Waals surface area (Å²) in [5.74, 6) is 0.0931. The van der Waals surface area contributed by atoms with Crippen molar-refractivity contribution in [2.75, 3.05) is 18.8 Å². The largest absolute Gasteiger partial charge is 0.381 e. The average Bonchev–Trinajstić information content (AvgIpc) is 2.93. The molecule has 7 heteroatoms. The monoisotopic (exact) mass is 300 g/mol. The van der Waals surface area contributed by atoms with Crippen LogP contribution in [0.25, 0.3) is 0 Å². The Morgan fingerprint density at radius 3 is 2.35 bits per heavy atom. The van der Waals surface area contributed by atoms with Crippen LogP contribution in [0.4, 0.5) is 5.82 Å². The fourth-order valence-corrected chi connectivity index (χ4v) is 4.83. The fraction of sp³-hybridized carbons (Fsp3) is 0.769. The summed E-state index contributed by atoms with van der Waals surface area (Å²) in [4.78, 5) is 0.169. The number of aryl methyl sites for hydroxylation is 1. The minimum atomic E-state index is -3.55. The first-order valence-corrected chi connectivity index (χ1v) is 8.50. The highest BCUT2D eigenvalue weighted by atomic mass is 32.2. The van der Waals surface area contributed by atoms with Crippen LogP contribution in [0, 0.1) is 12.3 Å². The number of nitrogens with zero attached hydrogens (tertiary/aromatic N) is 3. The van der Waals surface area contributed by atoms with E-state index < -0.39 is 10.0 Å². The molecule has 1 aromatic heterocycles. The van der Waals surface area contributed by atoms with Crippen LogP contribution in [-0.2, 0) is 17.1 Å². The zero-order valence-electron chi connectivity index (χ0n) is 12.7. The van der Waals surface area contributed by atoms with Gasteiger partial charge in [0.25, 0.3) is 0 Å². The van der Waals surface area contributed by atoms with Gasteiger partial charge in [-0.15, -0.1) is 0 Å². The van der Waals surface area contributed by atoms with Crippen LogP contribution in [0.15, 0.2) is 4.90 Å². The van der Waals surface area contributed by atoms with Crippen molar-refractivity contribution in [1.29, 1.82) is 0 Å². The molecule has 114 valence electrons. The first kappa shape index (κ1) is 15.3. The van der Waals surface area contributed by atoms with Gasteiger partial charge in [0, 0.05) is 20.1 Å². The Balaban J connectivity index is 2.38. The lowest BCUT2D eigenvalue weighted by Crippen LogP contribution is -2.32. The Kier molecular flexibility index (Phi) is 3.85. The molecule has 0 bridgehead atoms. The Morgan fingerprint density at radius 1 is 1.35 bits per heavy atom. The Labute approximate surface area is 121 Å². The third kappa shape index (κ3) is 2.22. The van der Waals surface area contributed by atoms with Crippen molar-refractivity contribution >= 4 is 15.8 Å². The Bertz CT molecular complexity index is 602. The van der Waals surface area contributed by atoms with E-state index in [0.717, 1.165) is 19.3 Å². The summed E-state index contributed by atoms with van der Waals surface area (Å²) in [5, 5.41) is 4.01. The molecule has 0 aliphatic carbocycles. The van der Waals surface area contributed by atoms with Crippen molar-refractivity contribution in [3.8, 4) is 0 Å². The maximum Gasteiger partial charge on any atom is 0.248 e. The van der Waals surface area contributed by atoms with Gasteiger partial charge in [-0.1, -0.05) is 13.8 Å². The predicted octanol–water partition coefficient (Wildman–Crippen LogP) is 1.51. The van der Waals surface area contributed by atoms with E-state index in [1.165, 1.54) is 4.68 Å². The number of nitrogens with two attached hydrogens (primary N) is 1. The van der Waals surface area contributed by atoms with Gasteiger partial charge in [-0.05, 0) is 31.6 Å². The quantitative estimate of drug-likeness (QED) is 0.914. The molecule has 2 rings (SSSR count). The number of anilines is 1. The lowest BCUT2D eigenvalue weighted by atomic mass is 9.82. The minimum Gasteiger partial charge on any atom is -0.381 e. The van der Waals surface area contributed by atoms with Crippen LogP contribution in [-0.4, -0.2) is 35.6 Å². The zero-order valence-corrected chi connectivity index (χ0v) is 13.5. The predicted molar refractivity (Wildman–Crippen MR) is 78.7 cm³/mol. The molecule has 0 radical (unpaired) electrons. The van der Waals surface area contributed by atoms with E-state index in [1.54, 1.807) is 18.3 Å². The lowest BCUT2D eigenvalue weighted by Gasteiger charge is -2.26. The number of aromatic nitrogens is 2. The van der Waals surface area contributed by atoms with E-state index >= 15 is 0 Å². The number of hydrogen-bond acceptors (Lipinski definition) is 4. The third-order valence-corrected chi connectivity index (χ3v) is 6.82. The molecule has 0 spiro atoms. The number of nitrogen functional groups attached to an aromatic ring is 1. The lowest BCUT2D eigenvalue weighted by molar-refractivity contribution is 0.279. The van der Waals surface area contributed by atoms with Gasteiger partial charge in [-0.2, -0.15) is 9.40 Å². The van der Waals surface area contributed by atoms with Gasteiger partial charge >= 0.3 is 0 Å². The van der Waals surface area contributed by atoms with Crippen molar-refractivity contribution in [3.63, 3.8) is 0 Å². The van der Waals surface area contributed by atoms with E-state index in [9.17, 15) is 8.42 Å². The molecule has 1 saturated heterocycles. The maximum atomic E-state index is 12.8. The van der Waals surface area contributed by atoms with Crippen LogP contribution in [0.3, 0.4) is 0 Å². The molecule has 0 saturated carbocycles. The molecule has 1 aliphatic heterocycles. The summed E-state index contributed by atoms with van der Waals surface area (Å²) in [5.41, 5.74) is 6.49. The molecule has 1 aliphatic rings. The zero-order chi connectivity index (χ0) is 15.1. The third-order valence-electron chi connectivity index (χ3n) is 4.81. The van der Waals surface area contributed by atoms with E-state index in [4.69, 9.17) is 5.73 Å². The molecule has 0 aromatic carbocycles. The van der Waals surface area contributed by atoms with Crippen molar-refractivity contribution in [2.45, 2.75) is 44.9 Å². The van der Waals surface area contributed by atoms with Gasteiger partial charge < -0.3 is 5.73 Å². The van der Waals surface area contributed by atoms with Crippen LogP contribution >= 0.6 is 0 Å². The van der Waals surface area contributed by atoms with Crippen molar-refractivity contribution < 1.29 is 8.42 Å². The standard InChI is InChI=1S/C13H24N4O2S/c1-5-13(6-2)7-8-17(9-13)20(18,19)11-10(3)16(4)15-12(11)14/h5-9H2,1-4H3,(H2,14,15). The molecule has 6 nitrogen and oxygen atoms in total. The average molecular weight is 300 g/mol. The molecule has 0 atom stereocenters. The molecule has 20 heavy (non-hydrogen) atoms.